The molecule has 4 rings (SSSR count). The standard InChI is InChI=1S/C28H38N2/c1-3-25-14-10-23(21-26(25)4-2)11-15-27-9-5-6-20-30(27)22-24-12-16-28(17-13-24)29-18-7-8-19-29/h3,10,12-14,16-17,21,27H,1,4-9,11,15,18-20,22H2,2H3. The van der Waals surface area contributed by atoms with Gasteiger partial charge >= 0.3 is 0 Å². The van der Waals surface area contributed by atoms with Crippen LogP contribution in [0, 0.1) is 0 Å². The highest BCUT2D eigenvalue weighted by atomic mass is 15.2. The van der Waals surface area contributed by atoms with E-state index in [4.69, 9.17) is 0 Å². The molecule has 2 heteroatoms. The molecule has 0 radical (unpaired) electrons. The molecule has 2 aliphatic rings. The number of nitrogens with zero attached hydrogens (tertiary/aromatic N) is 2. The lowest BCUT2D eigenvalue weighted by Crippen LogP contribution is -2.39. The van der Waals surface area contributed by atoms with Crippen LogP contribution in [0.25, 0.3) is 6.08 Å². The van der Waals surface area contributed by atoms with Gasteiger partial charge in [-0.25, -0.2) is 0 Å². The quantitative estimate of drug-likeness (QED) is 0.498. The molecule has 0 amide bonds. The molecule has 160 valence electrons. The Morgan fingerprint density at radius 1 is 0.933 bits per heavy atom. The van der Waals surface area contributed by atoms with E-state index in [1.807, 2.05) is 6.08 Å². The monoisotopic (exact) mass is 402 g/mol. The Bertz CT molecular complexity index is 817. The summed E-state index contributed by atoms with van der Waals surface area (Å²) in [5.74, 6) is 0. The van der Waals surface area contributed by atoms with Crippen molar-refractivity contribution < 1.29 is 0 Å². The molecule has 0 bridgehead atoms. The van der Waals surface area contributed by atoms with Crippen LogP contribution in [0.2, 0.25) is 0 Å². The zero-order valence-corrected chi connectivity index (χ0v) is 18.8. The summed E-state index contributed by atoms with van der Waals surface area (Å²) in [6.07, 6.45) is 12.3. The van der Waals surface area contributed by atoms with E-state index in [0.29, 0.717) is 6.04 Å². The van der Waals surface area contributed by atoms with Gasteiger partial charge in [-0.2, -0.15) is 0 Å². The van der Waals surface area contributed by atoms with Crippen molar-refractivity contribution in [3.05, 3.63) is 71.3 Å². The van der Waals surface area contributed by atoms with Crippen LogP contribution in [0.15, 0.2) is 49.0 Å². The minimum absolute atomic E-state index is 0.709. The maximum absolute atomic E-state index is 3.96. The van der Waals surface area contributed by atoms with Crippen LogP contribution in [0.4, 0.5) is 5.69 Å². The van der Waals surface area contributed by atoms with Crippen LogP contribution in [-0.2, 0) is 19.4 Å². The molecular formula is C28H38N2. The van der Waals surface area contributed by atoms with Gasteiger partial charge in [0, 0.05) is 31.4 Å². The highest BCUT2D eigenvalue weighted by Gasteiger charge is 2.22. The summed E-state index contributed by atoms with van der Waals surface area (Å²) < 4.78 is 0. The fourth-order valence-corrected chi connectivity index (χ4v) is 5.27. The van der Waals surface area contributed by atoms with Crippen LogP contribution in [0.1, 0.15) is 67.7 Å². The van der Waals surface area contributed by atoms with E-state index >= 15 is 0 Å². The molecule has 1 unspecified atom stereocenters. The highest BCUT2D eigenvalue weighted by molar-refractivity contribution is 5.53. The number of likely N-dealkylation sites (tertiary alicyclic amines) is 1. The van der Waals surface area contributed by atoms with Crippen molar-refractivity contribution >= 4 is 11.8 Å². The summed E-state index contributed by atoms with van der Waals surface area (Å²) in [6.45, 7) is 11.0. The topological polar surface area (TPSA) is 6.48 Å². The average Bonchev–Trinajstić information content (AvgIpc) is 3.34. The predicted molar refractivity (Wildman–Crippen MR) is 130 cm³/mol. The van der Waals surface area contributed by atoms with E-state index in [9.17, 15) is 0 Å². The molecule has 30 heavy (non-hydrogen) atoms. The SMILES string of the molecule is C=Cc1ccc(CCC2CCCCN2Cc2ccc(N3CCCC3)cc2)cc1CC. The molecule has 2 aliphatic heterocycles. The smallest absolute Gasteiger partial charge is 0.0366 e. The lowest BCUT2D eigenvalue weighted by Gasteiger charge is -2.36. The third-order valence-corrected chi connectivity index (χ3v) is 7.12. The Morgan fingerprint density at radius 2 is 1.67 bits per heavy atom. The Kier molecular flexibility index (Phi) is 7.28. The van der Waals surface area contributed by atoms with Crippen molar-refractivity contribution in [1.29, 1.82) is 0 Å². The van der Waals surface area contributed by atoms with Crippen molar-refractivity contribution in [2.45, 2.75) is 70.9 Å². The minimum atomic E-state index is 0.709. The molecule has 1 atom stereocenters. The summed E-state index contributed by atoms with van der Waals surface area (Å²) in [5, 5.41) is 0. The van der Waals surface area contributed by atoms with Crippen LogP contribution in [0.5, 0.6) is 0 Å². The van der Waals surface area contributed by atoms with Gasteiger partial charge in [0.1, 0.15) is 0 Å². The van der Waals surface area contributed by atoms with E-state index in [-0.39, 0.29) is 0 Å². The molecule has 2 saturated heterocycles. The molecule has 2 fully saturated rings. The molecule has 0 spiro atoms. The minimum Gasteiger partial charge on any atom is -0.372 e. The fraction of sp³-hybridized carbons (Fsp3) is 0.500. The second kappa shape index (κ2) is 10.3. The molecule has 0 N–H and O–H groups in total. The summed E-state index contributed by atoms with van der Waals surface area (Å²) >= 11 is 0. The Hall–Kier alpha value is -2.06. The second-order valence-corrected chi connectivity index (χ2v) is 9.11. The molecule has 2 aromatic carbocycles. The molecule has 2 heterocycles. The van der Waals surface area contributed by atoms with Crippen molar-refractivity contribution in [2.24, 2.45) is 0 Å². The maximum Gasteiger partial charge on any atom is 0.0366 e. The van der Waals surface area contributed by atoms with Gasteiger partial charge in [0.2, 0.25) is 0 Å². The first-order valence-corrected chi connectivity index (χ1v) is 12.1. The fourth-order valence-electron chi connectivity index (χ4n) is 5.27. The van der Waals surface area contributed by atoms with E-state index in [1.165, 1.54) is 92.5 Å². The third-order valence-electron chi connectivity index (χ3n) is 7.12. The van der Waals surface area contributed by atoms with Crippen molar-refractivity contribution in [3.8, 4) is 0 Å². The lowest BCUT2D eigenvalue weighted by molar-refractivity contribution is 0.132. The van der Waals surface area contributed by atoms with Crippen molar-refractivity contribution in [1.82, 2.24) is 4.90 Å². The molecule has 0 aliphatic carbocycles. The van der Waals surface area contributed by atoms with Gasteiger partial charge < -0.3 is 4.90 Å². The molecule has 0 aromatic heterocycles. The highest BCUT2D eigenvalue weighted by Crippen LogP contribution is 2.26. The van der Waals surface area contributed by atoms with Crippen molar-refractivity contribution in [3.63, 3.8) is 0 Å². The summed E-state index contributed by atoms with van der Waals surface area (Å²) in [5.41, 5.74) is 7.08. The normalized spacial score (nSPS) is 19.9. The van der Waals surface area contributed by atoms with E-state index < -0.39 is 0 Å². The third kappa shape index (κ3) is 5.16. The zero-order valence-electron chi connectivity index (χ0n) is 18.8. The summed E-state index contributed by atoms with van der Waals surface area (Å²) in [4.78, 5) is 5.27. The lowest BCUT2D eigenvalue weighted by atomic mass is 9.93. The van der Waals surface area contributed by atoms with Gasteiger partial charge in [-0.3, -0.25) is 4.90 Å². The molecule has 0 saturated carbocycles. The number of piperidine rings is 1. The van der Waals surface area contributed by atoms with Gasteiger partial charge in [0.05, 0.1) is 0 Å². The first-order valence-electron chi connectivity index (χ1n) is 12.1. The van der Waals surface area contributed by atoms with Gasteiger partial charge in [-0.05, 0) is 85.9 Å². The molecule has 2 aromatic rings. The molecular weight excluding hydrogens is 364 g/mol. The number of hydrogen-bond donors (Lipinski definition) is 0. The Balaban J connectivity index is 1.36. The maximum atomic E-state index is 3.96. The summed E-state index contributed by atoms with van der Waals surface area (Å²) in [7, 11) is 0. The number of benzene rings is 2. The van der Waals surface area contributed by atoms with E-state index in [2.05, 4.69) is 65.8 Å². The number of anilines is 1. The second-order valence-electron chi connectivity index (χ2n) is 9.11. The first-order chi connectivity index (χ1) is 14.8. The zero-order chi connectivity index (χ0) is 20.8. The largest absolute Gasteiger partial charge is 0.372 e. The van der Waals surface area contributed by atoms with Crippen LogP contribution in [-0.4, -0.2) is 30.6 Å². The van der Waals surface area contributed by atoms with Gasteiger partial charge in [-0.1, -0.05) is 56.3 Å². The number of rotatable bonds is 8. The van der Waals surface area contributed by atoms with E-state index in [1.54, 1.807) is 0 Å². The van der Waals surface area contributed by atoms with Crippen molar-refractivity contribution in [2.75, 3.05) is 24.5 Å². The van der Waals surface area contributed by atoms with E-state index in [0.717, 1.165) is 13.0 Å². The van der Waals surface area contributed by atoms with Gasteiger partial charge in [0.15, 0.2) is 0 Å². The Labute approximate surface area is 183 Å². The Morgan fingerprint density at radius 3 is 2.40 bits per heavy atom. The molecule has 2 nitrogen and oxygen atoms in total. The van der Waals surface area contributed by atoms with Gasteiger partial charge in [0.25, 0.3) is 0 Å². The van der Waals surface area contributed by atoms with Crippen LogP contribution in [0.3, 0.4) is 0 Å². The van der Waals surface area contributed by atoms with Crippen LogP contribution < -0.4 is 4.90 Å². The average molecular weight is 403 g/mol. The first kappa shape index (κ1) is 21.2. The predicted octanol–water partition coefficient (Wildman–Crippen LogP) is 6.48. The summed E-state index contributed by atoms with van der Waals surface area (Å²) in [6, 6.07) is 17.1. The number of aryl methyl sites for hydroxylation is 2. The van der Waals surface area contributed by atoms with Gasteiger partial charge in [-0.15, -0.1) is 0 Å². The van der Waals surface area contributed by atoms with Crippen LogP contribution >= 0.6 is 0 Å². The number of hydrogen-bond acceptors (Lipinski definition) is 2.